The van der Waals surface area contributed by atoms with E-state index in [4.69, 9.17) is 4.74 Å². The molecule has 0 bridgehead atoms. The molecule has 1 aliphatic rings. The SMILES string of the molecule is CCCOc1ccc(S(=O)(=O)NCCN2CCN(c3ccccc3)CC2)cc1C. The number of sulfonamides is 1. The number of nitrogens with zero attached hydrogens (tertiary/aromatic N) is 2. The van der Waals surface area contributed by atoms with Crippen LogP contribution < -0.4 is 14.4 Å². The summed E-state index contributed by atoms with van der Waals surface area (Å²) in [5, 5.41) is 0. The maximum Gasteiger partial charge on any atom is 0.240 e. The number of benzene rings is 2. The van der Waals surface area contributed by atoms with Crippen molar-refractivity contribution in [3.05, 3.63) is 54.1 Å². The molecular formula is C22H31N3O3S. The van der Waals surface area contributed by atoms with E-state index in [1.807, 2.05) is 19.9 Å². The van der Waals surface area contributed by atoms with Crippen LogP contribution in [0, 0.1) is 6.92 Å². The summed E-state index contributed by atoms with van der Waals surface area (Å²) in [5.74, 6) is 0.738. The highest BCUT2D eigenvalue weighted by molar-refractivity contribution is 7.89. The molecule has 6 nitrogen and oxygen atoms in total. The van der Waals surface area contributed by atoms with E-state index in [9.17, 15) is 8.42 Å². The van der Waals surface area contributed by atoms with Gasteiger partial charge in [-0.15, -0.1) is 0 Å². The molecule has 0 atom stereocenters. The van der Waals surface area contributed by atoms with Gasteiger partial charge in [0.05, 0.1) is 11.5 Å². The zero-order chi connectivity index (χ0) is 20.7. The molecule has 3 rings (SSSR count). The molecule has 1 N–H and O–H groups in total. The van der Waals surface area contributed by atoms with Gasteiger partial charge < -0.3 is 9.64 Å². The first kappa shape index (κ1) is 21.6. The number of nitrogens with one attached hydrogen (secondary N) is 1. The summed E-state index contributed by atoms with van der Waals surface area (Å²) < 4.78 is 33.6. The summed E-state index contributed by atoms with van der Waals surface area (Å²) in [7, 11) is -3.52. The van der Waals surface area contributed by atoms with Gasteiger partial charge in [0.15, 0.2) is 0 Å². The molecule has 0 amide bonds. The lowest BCUT2D eigenvalue weighted by atomic mass is 10.2. The molecule has 0 spiro atoms. The van der Waals surface area contributed by atoms with Crippen LogP contribution in [0.15, 0.2) is 53.4 Å². The number of ether oxygens (including phenoxy) is 1. The van der Waals surface area contributed by atoms with Gasteiger partial charge in [-0.2, -0.15) is 0 Å². The molecule has 2 aromatic carbocycles. The van der Waals surface area contributed by atoms with Crippen molar-refractivity contribution in [2.24, 2.45) is 0 Å². The second kappa shape index (κ2) is 10.1. The monoisotopic (exact) mass is 417 g/mol. The smallest absolute Gasteiger partial charge is 0.240 e. The number of aryl methyl sites for hydroxylation is 1. The van der Waals surface area contributed by atoms with Crippen LogP contribution in [-0.2, 0) is 10.0 Å². The third-order valence-electron chi connectivity index (χ3n) is 5.13. The zero-order valence-electron chi connectivity index (χ0n) is 17.3. The Morgan fingerprint density at radius 1 is 1.03 bits per heavy atom. The zero-order valence-corrected chi connectivity index (χ0v) is 18.1. The van der Waals surface area contributed by atoms with E-state index in [-0.39, 0.29) is 4.90 Å². The number of hydrogen-bond donors (Lipinski definition) is 1. The van der Waals surface area contributed by atoms with Gasteiger partial charge in [-0.05, 0) is 49.2 Å². The number of para-hydroxylation sites is 1. The van der Waals surface area contributed by atoms with E-state index < -0.39 is 10.0 Å². The molecule has 7 heteroatoms. The first-order chi connectivity index (χ1) is 14.0. The van der Waals surface area contributed by atoms with Crippen LogP contribution in [0.3, 0.4) is 0 Å². The van der Waals surface area contributed by atoms with E-state index >= 15 is 0 Å². The van der Waals surface area contributed by atoms with Crippen molar-refractivity contribution in [3.63, 3.8) is 0 Å². The summed E-state index contributed by atoms with van der Waals surface area (Å²) >= 11 is 0. The van der Waals surface area contributed by atoms with Gasteiger partial charge in [-0.1, -0.05) is 25.1 Å². The quantitative estimate of drug-likeness (QED) is 0.680. The average Bonchev–Trinajstić information content (AvgIpc) is 2.74. The Balaban J connectivity index is 1.47. The van der Waals surface area contributed by atoms with Crippen LogP contribution in [0.4, 0.5) is 5.69 Å². The van der Waals surface area contributed by atoms with Crippen molar-refractivity contribution >= 4 is 15.7 Å². The summed E-state index contributed by atoms with van der Waals surface area (Å²) in [6.45, 7) is 9.42. The Hall–Kier alpha value is -2.09. The van der Waals surface area contributed by atoms with Gasteiger partial charge in [0, 0.05) is 45.0 Å². The number of hydrogen-bond acceptors (Lipinski definition) is 5. The molecule has 2 aromatic rings. The fourth-order valence-electron chi connectivity index (χ4n) is 3.45. The number of anilines is 1. The van der Waals surface area contributed by atoms with Crippen molar-refractivity contribution in [1.82, 2.24) is 9.62 Å². The van der Waals surface area contributed by atoms with Gasteiger partial charge in [-0.25, -0.2) is 13.1 Å². The topological polar surface area (TPSA) is 61.9 Å². The van der Waals surface area contributed by atoms with Gasteiger partial charge >= 0.3 is 0 Å². The molecule has 158 valence electrons. The Bertz CT molecular complexity index is 879. The second-order valence-corrected chi connectivity index (χ2v) is 9.10. The third-order valence-corrected chi connectivity index (χ3v) is 6.59. The predicted octanol–water partition coefficient (Wildman–Crippen LogP) is 2.88. The Labute approximate surface area is 174 Å². The van der Waals surface area contributed by atoms with Crippen molar-refractivity contribution in [3.8, 4) is 5.75 Å². The molecule has 1 heterocycles. The normalized spacial score (nSPS) is 15.4. The fraction of sp³-hybridized carbons (Fsp3) is 0.455. The third kappa shape index (κ3) is 5.95. The van der Waals surface area contributed by atoms with Crippen LogP contribution in [0.1, 0.15) is 18.9 Å². The Morgan fingerprint density at radius 2 is 1.76 bits per heavy atom. The molecule has 1 fully saturated rings. The van der Waals surface area contributed by atoms with Crippen LogP contribution in [-0.4, -0.2) is 59.2 Å². The molecule has 1 aliphatic heterocycles. The molecular weight excluding hydrogens is 386 g/mol. The van der Waals surface area contributed by atoms with Gasteiger partial charge in [0.1, 0.15) is 5.75 Å². The lowest BCUT2D eigenvalue weighted by Crippen LogP contribution is -2.48. The van der Waals surface area contributed by atoms with Crippen molar-refractivity contribution in [2.75, 3.05) is 50.8 Å². The minimum Gasteiger partial charge on any atom is -0.493 e. The molecule has 0 radical (unpaired) electrons. The highest BCUT2D eigenvalue weighted by Gasteiger charge is 2.19. The lowest BCUT2D eigenvalue weighted by molar-refractivity contribution is 0.262. The predicted molar refractivity (Wildman–Crippen MR) is 117 cm³/mol. The van der Waals surface area contributed by atoms with E-state index in [1.165, 1.54) is 5.69 Å². The first-order valence-corrected chi connectivity index (χ1v) is 11.7. The molecule has 29 heavy (non-hydrogen) atoms. The maximum absolute atomic E-state index is 12.6. The largest absolute Gasteiger partial charge is 0.493 e. The summed E-state index contributed by atoms with van der Waals surface area (Å²) in [6, 6.07) is 15.4. The molecule has 1 saturated heterocycles. The van der Waals surface area contributed by atoms with Crippen molar-refractivity contribution in [1.29, 1.82) is 0 Å². The summed E-state index contributed by atoms with van der Waals surface area (Å²) in [4.78, 5) is 4.95. The van der Waals surface area contributed by atoms with Gasteiger partial charge in [0.25, 0.3) is 0 Å². The molecule has 0 aliphatic carbocycles. The van der Waals surface area contributed by atoms with Crippen molar-refractivity contribution in [2.45, 2.75) is 25.2 Å². The molecule has 0 aromatic heterocycles. The van der Waals surface area contributed by atoms with Crippen LogP contribution in [0.5, 0.6) is 5.75 Å². The van der Waals surface area contributed by atoms with Gasteiger partial charge in [0.2, 0.25) is 10.0 Å². The first-order valence-electron chi connectivity index (χ1n) is 10.2. The standard InChI is InChI=1S/C22H31N3O3S/c1-3-17-28-22-10-9-21(18-19(22)2)29(26,27)23-11-12-24-13-15-25(16-14-24)20-7-5-4-6-8-20/h4-10,18,23H,3,11-17H2,1-2H3. The summed E-state index contributed by atoms with van der Waals surface area (Å²) in [5.41, 5.74) is 2.08. The minimum atomic E-state index is -3.52. The number of piperazine rings is 1. The lowest BCUT2D eigenvalue weighted by Gasteiger charge is -2.36. The van der Waals surface area contributed by atoms with Gasteiger partial charge in [-0.3, -0.25) is 4.90 Å². The van der Waals surface area contributed by atoms with Crippen LogP contribution in [0.2, 0.25) is 0 Å². The van der Waals surface area contributed by atoms with E-state index in [0.29, 0.717) is 19.7 Å². The van der Waals surface area contributed by atoms with Crippen LogP contribution in [0.25, 0.3) is 0 Å². The highest BCUT2D eigenvalue weighted by Crippen LogP contribution is 2.22. The van der Waals surface area contributed by atoms with E-state index in [0.717, 1.165) is 43.9 Å². The Kier molecular flexibility index (Phi) is 7.52. The van der Waals surface area contributed by atoms with Crippen LogP contribution >= 0.6 is 0 Å². The molecule has 0 unspecified atom stereocenters. The number of rotatable bonds is 9. The highest BCUT2D eigenvalue weighted by atomic mass is 32.2. The Morgan fingerprint density at radius 3 is 2.41 bits per heavy atom. The minimum absolute atomic E-state index is 0.285. The summed E-state index contributed by atoms with van der Waals surface area (Å²) in [6.07, 6.45) is 0.917. The van der Waals surface area contributed by atoms with E-state index in [1.54, 1.807) is 18.2 Å². The van der Waals surface area contributed by atoms with E-state index in [2.05, 4.69) is 38.8 Å². The molecule has 0 saturated carbocycles. The fourth-order valence-corrected chi connectivity index (χ4v) is 4.56. The average molecular weight is 418 g/mol. The van der Waals surface area contributed by atoms with Crippen molar-refractivity contribution < 1.29 is 13.2 Å². The second-order valence-electron chi connectivity index (χ2n) is 7.34. The maximum atomic E-state index is 12.6.